The van der Waals surface area contributed by atoms with Crippen LogP contribution in [0.3, 0.4) is 0 Å². The number of H-pyrrole nitrogens is 1. The van der Waals surface area contributed by atoms with E-state index in [1.165, 1.54) is 0 Å². The highest BCUT2D eigenvalue weighted by molar-refractivity contribution is 5.80. The van der Waals surface area contributed by atoms with Gasteiger partial charge in [0.25, 0.3) is 0 Å². The van der Waals surface area contributed by atoms with E-state index < -0.39 is 0 Å². The number of aromatic nitrogens is 2. The molecule has 6 heteroatoms. The quantitative estimate of drug-likeness (QED) is 0.704. The van der Waals surface area contributed by atoms with Crippen molar-refractivity contribution in [3.8, 4) is 0 Å². The number of amides is 1. The summed E-state index contributed by atoms with van der Waals surface area (Å²) in [5.41, 5.74) is 0.977. The number of hydrogen-bond donors (Lipinski definition) is 3. The first-order valence-corrected chi connectivity index (χ1v) is 6.82. The molecule has 3 N–H and O–H groups in total. The van der Waals surface area contributed by atoms with Crippen molar-refractivity contribution in [1.82, 2.24) is 20.8 Å². The second kappa shape index (κ2) is 6.68. The molecule has 1 fully saturated rings. The number of nitrogens with one attached hydrogen (secondary N) is 3. The van der Waals surface area contributed by atoms with E-state index in [1.807, 2.05) is 6.92 Å². The molecular weight excluding hydrogens is 244 g/mol. The van der Waals surface area contributed by atoms with Gasteiger partial charge in [0, 0.05) is 17.8 Å². The second-order valence-corrected chi connectivity index (χ2v) is 4.97. The standard InChI is InChI=1S/C13H22N4O2/c1-3-4-14-12-8-19-7-11(12)13(18)17-9(2)10-5-15-16-6-10/h5-6,9,11-12,14H,3-4,7-8H2,1-2H3,(H,15,16)(H,17,18). The molecule has 6 nitrogen and oxygen atoms in total. The maximum atomic E-state index is 12.3. The van der Waals surface area contributed by atoms with Crippen LogP contribution in [0.4, 0.5) is 0 Å². The fourth-order valence-electron chi connectivity index (χ4n) is 2.25. The summed E-state index contributed by atoms with van der Waals surface area (Å²) in [5.74, 6) is -0.0688. The first-order chi connectivity index (χ1) is 9.22. The number of aromatic amines is 1. The molecule has 0 saturated carbocycles. The van der Waals surface area contributed by atoms with E-state index >= 15 is 0 Å². The van der Waals surface area contributed by atoms with Gasteiger partial charge in [-0.1, -0.05) is 6.92 Å². The molecule has 0 spiro atoms. The van der Waals surface area contributed by atoms with Gasteiger partial charge in [0.2, 0.25) is 5.91 Å². The number of hydrogen-bond acceptors (Lipinski definition) is 4. The predicted octanol–water partition coefficient (Wildman–Crippen LogP) is 0.602. The minimum Gasteiger partial charge on any atom is -0.379 e. The van der Waals surface area contributed by atoms with E-state index in [-0.39, 0.29) is 23.9 Å². The highest BCUT2D eigenvalue weighted by Crippen LogP contribution is 2.17. The molecule has 0 bridgehead atoms. The molecule has 2 rings (SSSR count). The Balaban J connectivity index is 1.88. The lowest BCUT2D eigenvalue weighted by Crippen LogP contribution is -2.44. The van der Waals surface area contributed by atoms with Crippen LogP contribution in [0.5, 0.6) is 0 Å². The SMILES string of the molecule is CCCNC1COCC1C(=O)NC(C)c1cn[nH]c1. The van der Waals surface area contributed by atoms with E-state index in [0.717, 1.165) is 18.5 Å². The molecule has 0 aromatic carbocycles. The third kappa shape index (κ3) is 3.54. The molecule has 0 radical (unpaired) electrons. The minimum atomic E-state index is -0.110. The number of nitrogens with zero attached hydrogens (tertiary/aromatic N) is 1. The molecule has 2 heterocycles. The Kier molecular flexibility index (Phi) is 4.93. The molecule has 1 saturated heterocycles. The van der Waals surface area contributed by atoms with Crippen molar-refractivity contribution in [2.24, 2.45) is 5.92 Å². The van der Waals surface area contributed by atoms with Crippen molar-refractivity contribution < 1.29 is 9.53 Å². The summed E-state index contributed by atoms with van der Waals surface area (Å²) >= 11 is 0. The van der Waals surface area contributed by atoms with Crippen LogP contribution < -0.4 is 10.6 Å². The normalized spacial score (nSPS) is 24.3. The first-order valence-electron chi connectivity index (χ1n) is 6.82. The van der Waals surface area contributed by atoms with Crippen LogP contribution in [0.25, 0.3) is 0 Å². The van der Waals surface area contributed by atoms with Crippen LogP contribution in [0.2, 0.25) is 0 Å². The van der Waals surface area contributed by atoms with Gasteiger partial charge in [0.05, 0.1) is 31.4 Å². The molecule has 1 aliphatic heterocycles. The van der Waals surface area contributed by atoms with Crippen molar-refractivity contribution in [2.75, 3.05) is 19.8 Å². The van der Waals surface area contributed by atoms with E-state index in [2.05, 4.69) is 27.8 Å². The fourth-order valence-corrected chi connectivity index (χ4v) is 2.25. The van der Waals surface area contributed by atoms with Crippen LogP contribution in [0.1, 0.15) is 31.9 Å². The van der Waals surface area contributed by atoms with Gasteiger partial charge in [0.1, 0.15) is 0 Å². The van der Waals surface area contributed by atoms with Crippen LogP contribution in [0, 0.1) is 5.92 Å². The van der Waals surface area contributed by atoms with Gasteiger partial charge in [-0.2, -0.15) is 5.10 Å². The molecule has 106 valence electrons. The number of rotatable bonds is 6. The smallest absolute Gasteiger partial charge is 0.227 e. The average Bonchev–Trinajstić information content (AvgIpc) is 3.07. The molecule has 3 atom stereocenters. The summed E-state index contributed by atoms with van der Waals surface area (Å²) in [6.07, 6.45) is 4.57. The number of carbonyl (C=O) groups is 1. The average molecular weight is 266 g/mol. The molecule has 19 heavy (non-hydrogen) atoms. The molecule has 1 aromatic heterocycles. The highest BCUT2D eigenvalue weighted by atomic mass is 16.5. The summed E-state index contributed by atoms with van der Waals surface area (Å²) in [6.45, 7) is 6.07. The summed E-state index contributed by atoms with van der Waals surface area (Å²) in [5, 5.41) is 13.0. The fraction of sp³-hybridized carbons (Fsp3) is 0.692. The van der Waals surface area contributed by atoms with Gasteiger partial charge in [-0.05, 0) is 19.9 Å². The largest absolute Gasteiger partial charge is 0.379 e. The van der Waals surface area contributed by atoms with Gasteiger partial charge in [-0.15, -0.1) is 0 Å². The molecular formula is C13H22N4O2. The van der Waals surface area contributed by atoms with Crippen molar-refractivity contribution in [2.45, 2.75) is 32.4 Å². The van der Waals surface area contributed by atoms with Crippen LogP contribution in [0.15, 0.2) is 12.4 Å². The monoisotopic (exact) mass is 266 g/mol. The number of carbonyl (C=O) groups excluding carboxylic acids is 1. The maximum absolute atomic E-state index is 12.3. The molecule has 1 aliphatic rings. The number of ether oxygens (including phenoxy) is 1. The summed E-state index contributed by atoms with van der Waals surface area (Å²) in [7, 11) is 0. The van der Waals surface area contributed by atoms with Crippen molar-refractivity contribution in [1.29, 1.82) is 0 Å². The third-order valence-corrected chi connectivity index (χ3v) is 3.45. The van der Waals surface area contributed by atoms with Gasteiger partial charge in [-0.3, -0.25) is 9.89 Å². The Hall–Kier alpha value is -1.40. The maximum Gasteiger partial charge on any atom is 0.227 e. The van der Waals surface area contributed by atoms with Crippen molar-refractivity contribution in [3.05, 3.63) is 18.0 Å². The Morgan fingerprint density at radius 2 is 2.47 bits per heavy atom. The Morgan fingerprint density at radius 3 is 3.16 bits per heavy atom. The molecule has 1 aromatic rings. The molecule has 0 aliphatic carbocycles. The van der Waals surface area contributed by atoms with Gasteiger partial charge in [-0.25, -0.2) is 0 Å². The van der Waals surface area contributed by atoms with Crippen LogP contribution >= 0.6 is 0 Å². The van der Waals surface area contributed by atoms with E-state index in [9.17, 15) is 4.79 Å². The van der Waals surface area contributed by atoms with Gasteiger partial charge < -0.3 is 15.4 Å². The Labute approximate surface area is 113 Å². The van der Waals surface area contributed by atoms with Crippen LogP contribution in [-0.4, -0.2) is 41.9 Å². The third-order valence-electron chi connectivity index (χ3n) is 3.45. The van der Waals surface area contributed by atoms with Crippen LogP contribution in [-0.2, 0) is 9.53 Å². The van der Waals surface area contributed by atoms with E-state index in [1.54, 1.807) is 12.4 Å². The summed E-state index contributed by atoms with van der Waals surface area (Å²) < 4.78 is 5.42. The zero-order valence-corrected chi connectivity index (χ0v) is 11.5. The van der Waals surface area contributed by atoms with E-state index in [4.69, 9.17) is 4.74 Å². The minimum absolute atomic E-state index is 0.0415. The lowest BCUT2D eigenvalue weighted by atomic mass is 10.0. The van der Waals surface area contributed by atoms with Crippen molar-refractivity contribution >= 4 is 5.91 Å². The summed E-state index contributed by atoms with van der Waals surface area (Å²) in [6, 6.07) is 0.0789. The molecule has 1 amide bonds. The second-order valence-electron chi connectivity index (χ2n) is 4.97. The molecule has 3 unspecified atom stereocenters. The lowest BCUT2D eigenvalue weighted by Gasteiger charge is -2.20. The zero-order valence-electron chi connectivity index (χ0n) is 11.5. The Morgan fingerprint density at radius 1 is 1.63 bits per heavy atom. The highest BCUT2D eigenvalue weighted by Gasteiger charge is 2.34. The first kappa shape index (κ1) is 14.0. The predicted molar refractivity (Wildman–Crippen MR) is 71.5 cm³/mol. The Bertz CT molecular complexity index is 393. The van der Waals surface area contributed by atoms with Crippen molar-refractivity contribution in [3.63, 3.8) is 0 Å². The lowest BCUT2D eigenvalue weighted by molar-refractivity contribution is -0.126. The topological polar surface area (TPSA) is 79.0 Å². The van der Waals surface area contributed by atoms with E-state index in [0.29, 0.717) is 13.2 Å². The van der Waals surface area contributed by atoms with Gasteiger partial charge >= 0.3 is 0 Å². The summed E-state index contributed by atoms with van der Waals surface area (Å²) in [4.78, 5) is 12.3. The zero-order chi connectivity index (χ0) is 13.7. The van der Waals surface area contributed by atoms with Gasteiger partial charge in [0.15, 0.2) is 0 Å².